The first-order chi connectivity index (χ1) is 12.2. The van der Waals surface area contributed by atoms with Crippen molar-refractivity contribution < 1.29 is 8.78 Å². The largest absolute Gasteiger partial charge is 0.367 e. The Labute approximate surface area is 154 Å². The van der Waals surface area contributed by atoms with Crippen LogP contribution >= 0.6 is 23.5 Å². The third kappa shape index (κ3) is 4.95. The van der Waals surface area contributed by atoms with Gasteiger partial charge in [-0.05, 0) is 42.7 Å². The fourth-order valence-corrected chi connectivity index (χ4v) is 3.75. The first kappa shape index (κ1) is 18.2. The smallest absolute Gasteiger partial charge is 0.189 e. The molecule has 132 valence electrons. The second-order valence-electron chi connectivity index (χ2n) is 5.78. The van der Waals surface area contributed by atoms with E-state index in [4.69, 9.17) is 0 Å². The maximum atomic E-state index is 13.7. The molecule has 1 aliphatic rings. The number of hydrogen-bond donors (Lipinski definition) is 1. The summed E-state index contributed by atoms with van der Waals surface area (Å²) in [5.41, 5.74) is 0.861. The molecule has 3 rings (SSSR count). The van der Waals surface area contributed by atoms with Gasteiger partial charge >= 0.3 is 0 Å². The van der Waals surface area contributed by atoms with Gasteiger partial charge in [-0.1, -0.05) is 36.4 Å². The van der Waals surface area contributed by atoms with Crippen molar-refractivity contribution in [3.63, 3.8) is 0 Å². The van der Waals surface area contributed by atoms with Crippen LogP contribution in [0.5, 0.6) is 0 Å². The van der Waals surface area contributed by atoms with Gasteiger partial charge in [0.2, 0.25) is 0 Å². The summed E-state index contributed by atoms with van der Waals surface area (Å²) in [5.74, 6) is -0.328. The lowest BCUT2D eigenvalue weighted by atomic mass is 10.2. The predicted octanol–water partition coefficient (Wildman–Crippen LogP) is 5.59. The molecule has 7 heteroatoms. The normalized spacial score (nSPS) is 15.2. The molecule has 0 atom stereocenters. The van der Waals surface area contributed by atoms with Crippen molar-refractivity contribution in [1.82, 2.24) is 9.97 Å². The molecule has 1 aliphatic carbocycles. The molecule has 3 nitrogen and oxygen atoms in total. The molecule has 0 radical (unpaired) electrons. The lowest BCUT2D eigenvalue weighted by molar-refractivity contribution is 0.566. The summed E-state index contributed by atoms with van der Waals surface area (Å²) in [6, 6.07) is 4.02. The number of thioether (sulfide) groups is 2. The fourth-order valence-electron chi connectivity index (χ4n) is 2.73. The summed E-state index contributed by atoms with van der Waals surface area (Å²) in [5, 5.41) is 5.99. The SMILES string of the molecule is CSc1ncc(/C=C/Sc2ccc(F)cc2F)c(NC2CCCC2)n1. The molecule has 0 saturated heterocycles. The van der Waals surface area contributed by atoms with Gasteiger partial charge in [0.25, 0.3) is 0 Å². The van der Waals surface area contributed by atoms with Gasteiger partial charge < -0.3 is 5.32 Å². The monoisotopic (exact) mass is 379 g/mol. The Bertz CT molecular complexity index is 762. The molecule has 0 aliphatic heterocycles. The third-order valence-corrected chi connectivity index (χ3v) is 5.43. The molecule has 2 aromatic rings. The Balaban J connectivity index is 1.75. The molecule has 0 spiro atoms. The first-order valence-corrected chi connectivity index (χ1v) is 10.2. The number of benzene rings is 1. The lowest BCUT2D eigenvalue weighted by Crippen LogP contribution is -2.16. The van der Waals surface area contributed by atoms with Crippen LogP contribution in [0.4, 0.5) is 14.6 Å². The van der Waals surface area contributed by atoms with Crippen molar-refractivity contribution in [3.05, 3.63) is 47.0 Å². The van der Waals surface area contributed by atoms with E-state index in [-0.39, 0.29) is 0 Å². The number of hydrogen-bond acceptors (Lipinski definition) is 5. The summed E-state index contributed by atoms with van der Waals surface area (Å²) < 4.78 is 26.6. The molecule has 0 amide bonds. The Morgan fingerprint density at radius 3 is 2.76 bits per heavy atom. The minimum Gasteiger partial charge on any atom is -0.367 e. The quantitative estimate of drug-likeness (QED) is 0.523. The molecule has 1 aromatic carbocycles. The predicted molar refractivity (Wildman–Crippen MR) is 101 cm³/mol. The maximum Gasteiger partial charge on any atom is 0.189 e. The Morgan fingerprint density at radius 1 is 1.24 bits per heavy atom. The zero-order valence-electron chi connectivity index (χ0n) is 13.8. The summed E-state index contributed by atoms with van der Waals surface area (Å²) in [7, 11) is 0. The maximum absolute atomic E-state index is 13.7. The Hall–Kier alpha value is -1.60. The highest BCUT2D eigenvalue weighted by Crippen LogP contribution is 2.27. The van der Waals surface area contributed by atoms with Crippen molar-refractivity contribution in [2.45, 2.75) is 41.8 Å². The molecule has 1 saturated carbocycles. The van der Waals surface area contributed by atoms with E-state index in [0.717, 1.165) is 35.4 Å². The van der Waals surface area contributed by atoms with Crippen molar-refractivity contribution in [3.8, 4) is 0 Å². The van der Waals surface area contributed by atoms with Crippen molar-refractivity contribution in [2.24, 2.45) is 0 Å². The number of halogens is 2. The number of aromatic nitrogens is 2. The van der Waals surface area contributed by atoms with Gasteiger partial charge in [0, 0.05) is 28.8 Å². The summed E-state index contributed by atoms with van der Waals surface area (Å²) in [4.78, 5) is 9.26. The number of rotatable bonds is 6. The highest BCUT2D eigenvalue weighted by Gasteiger charge is 2.16. The number of nitrogens with one attached hydrogen (secondary N) is 1. The van der Waals surface area contributed by atoms with Gasteiger partial charge in [0.1, 0.15) is 17.5 Å². The van der Waals surface area contributed by atoms with Gasteiger partial charge in [-0.2, -0.15) is 0 Å². The average molecular weight is 380 g/mol. The van der Waals surface area contributed by atoms with Crippen LogP contribution in [-0.2, 0) is 0 Å². The molecule has 0 bridgehead atoms. The molecule has 25 heavy (non-hydrogen) atoms. The highest BCUT2D eigenvalue weighted by molar-refractivity contribution is 8.02. The van der Waals surface area contributed by atoms with E-state index in [0.29, 0.717) is 10.9 Å². The van der Waals surface area contributed by atoms with Crippen molar-refractivity contribution >= 4 is 35.4 Å². The molecule has 1 heterocycles. The Morgan fingerprint density at radius 2 is 2.04 bits per heavy atom. The second-order valence-corrected chi connectivity index (χ2v) is 7.50. The van der Waals surface area contributed by atoms with E-state index in [9.17, 15) is 8.78 Å². The van der Waals surface area contributed by atoms with E-state index in [2.05, 4.69) is 15.3 Å². The highest BCUT2D eigenvalue weighted by atomic mass is 32.2. The van der Waals surface area contributed by atoms with E-state index in [1.54, 1.807) is 11.6 Å². The fraction of sp³-hybridized carbons (Fsp3) is 0.333. The van der Waals surface area contributed by atoms with Gasteiger partial charge in [-0.25, -0.2) is 18.7 Å². The van der Waals surface area contributed by atoms with Crippen LogP contribution in [0.15, 0.2) is 39.9 Å². The minimum absolute atomic E-state index is 0.379. The lowest BCUT2D eigenvalue weighted by Gasteiger charge is -2.15. The molecule has 1 N–H and O–H groups in total. The average Bonchev–Trinajstić information content (AvgIpc) is 3.11. The molecule has 1 fully saturated rings. The van der Waals surface area contributed by atoms with Crippen molar-refractivity contribution in [1.29, 1.82) is 0 Å². The molecule has 0 unspecified atom stereocenters. The van der Waals surface area contributed by atoms with Crippen molar-refractivity contribution in [2.75, 3.05) is 11.6 Å². The second kappa shape index (κ2) is 8.67. The molecular weight excluding hydrogens is 360 g/mol. The van der Waals surface area contributed by atoms with Gasteiger partial charge in [0.05, 0.1) is 0 Å². The topological polar surface area (TPSA) is 37.8 Å². The van der Waals surface area contributed by atoms with Crippen LogP contribution in [0.3, 0.4) is 0 Å². The third-order valence-electron chi connectivity index (χ3n) is 4.01. The molecule has 1 aromatic heterocycles. The summed E-state index contributed by atoms with van der Waals surface area (Å²) >= 11 is 2.70. The Kier molecular flexibility index (Phi) is 6.31. The zero-order chi connectivity index (χ0) is 17.6. The zero-order valence-corrected chi connectivity index (χ0v) is 15.5. The standard InChI is InChI=1S/C18H19F2N3S2/c1-24-18-21-11-12(17(23-18)22-14-4-2-3-5-14)8-9-25-16-7-6-13(19)10-15(16)20/h6-11,14H,2-5H2,1H3,(H,21,22,23)/b9-8+. The van der Waals surface area contributed by atoms with E-state index >= 15 is 0 Å². The van der Waals surface area contributed by atoms with Gasteiger partial charge in [-0.15, -0.1) is 0 Å². The summed E-state index contributed by atoms with van der Waals surface area (Å²) in [6.07, 6.45) is 10.3. The molecular formula is C18H19F2N3S2. The minimum atomic E-state index is -0.574. The first-order valence-electron chi connectivity index (χ1n) is 8.11. The number of anilines is 1. The van der Waals surface area contributed by atoms with E-state index in [1.165, 1.54) is 48.5 Å². The van der Waals surface area contributed by atoms with Crippen LogP contribution in [0, 0.1) is 11.6 Å². The van der Waals surface area contributed by atoms with Crippen LogP contribution in [-0.4, -0.2) is 22.3 Å². The number of nitrogens with zero attached hydrogens (tertiary/aromatic N) is 2. The van der Waals surface area contributed by atoms with Crippen LogP contribution in [0.25, 0.3) is 6.08 Å². The van der Waals surface area contributed by atoms with Crippen LogP contribution in [0.2, 0.25) is 0 Å². The van der Waals surface area contributed by atoms with Gasteiger partial charge in [0.15, 0.2) is 5.16 Å². The van der Waals surface area contributed by atoms with Crippen LogP contribution < -0.4 is 5.32 Å². The van der Waals surface area contributed by atoms with E-state index < -0.39 is 11.6 Å². The van der Waals surface area contributed by atoms with Crippen LogP contribution in [0.1, 0.15) is 31.2 Å². The van der Waals surface area contributed by atoms with E-state index in [1.807, 2.05) is 12.3 Å². The summed E-state index contributed by atoms with van der Waals surface area (Å²) in [6.45, 7) is 0. The van der Waals surface area contributed by atoms with Gasteiger partial charge in [-0.3, -0.25) is 0 Å².